The first-order chi connectivity index (χ1) is 18.5. The molecule has 3 N–H and O–H groups in total. The first-order valence-corrected chi connectivity index (χ1v) is 12.8. The van der Waals surface area contributed by atoms with E-state index in [1.54, 1.807) is 24.1 Å². The minimum Gasteiger partial charge on any atom is -0.497 e. The molecule has 192 valence electrons. The van der Waals surface area contributed by atoms with Crippen molar-refractivity contribution in [3.63, 3.8) is 0 Å². The molecule has 1 aliphatic heterocycles. The fourth-order valence-electron chi connectivity index (χ4n) is 4.09. The molecule has 5 rings (SSSR count). The summed E-state index contributed by atoms with van der Waals surface area (Å²) in [5.41, 5.74) is 8.91. The lowest BCUT2D eigenvalue weighted by molar-refractivity contribution is -0.122. The van der Waals surface area contributed by atoms with E-state index < -0.39 is 5.91 Å². The van der Waals surface area contributed by atoms with E-state index in [9.17, 15) is 9.59 Å². The maximum absolute atomic E-state index is 13.5. The van der Waals surface area contributed by atoms with Gasteiger partial charge < -0.3 is 20.2 Å². The van der Waals surface area contributed by atoms with Crippen LogP contribution in [0.2, 0.25) is 0 Å². The minimum atomic E-state index is -0.541. The van der Waals surface area contributed by atoms with Crippen molar-refractivity contribution in [3.8, 4) is 11.5 Å². The number of nitrogens with one attached hydrogen (secondary N) is 1. The van der Waals surface area contributed by atoms with Crippen LogP contribution in [0, 0.1) is 0 Å². The third kappa shape index (κ3) is 5.73. The maximum Gasteiger partial charge on any atom is 0.266 e. The van der Waals surface area contributed by atoms with Gasteiger partial charge in [0.2, 0.25) is 0 Å². The summed E-state index contributed by atoms with van der Waals surface area (Å²) >= 11 is 1.34. The van der Waals surface area contributed by atoms with Gasteiger partial charge in [-0.2, -0.15) is 0 Å². The maximum atomic E-state index is 13.5. The predicted octanol–water partition coefficient (Wildman–Crippen LogP) is 4.89. The number of aromatic nitrogens is 1. The zero-order chi connectivity index (χ0) is 26.5. The fraction of sp³-hybridized carbons (Fsp3) is 0.138. The molecule has 3 aromatic carbocycles. The van der Waals surface area contributed by atoms with Crippen molar-refractivity contribution in [3.05, 3.63) is 95.0 Å². The molecule has 0 aliphatic carbocycles. The Hall–Kier alpha value is -4.50. The molecule has 9 heteroatoms. The van der Waals surface area contributed by atoms with Gasteiger partial charge >= 0.3 is 0 Å². The van der Waals surface area contributed by atoms with Crippen LogP contribution < -0.4 is 15.2 Å². The Morgan fingerprint density at radius 2 is 1.79 bits per heavy atom. The highest BCUT2D eigenvalue weighted by atomic mass is 32.2. The van der Waals surface area contributed by atoms with E-state index >= 15 is 0 Å². The Balaban J connectivity index is 1.40. The number of fused-ring (bicyclic) bond motifs is 1. The molecule has 0 radical (unpaired) electrons. The third-order valence-electron chi connectivity index (χ3n) is 6.02. The Bertz CT molecular complexity index is 1520. The van der Waals surface area contributed by atoms with E-state index in [0.717, 1.165) is 33.5 Å². The molecule has 2 amide bonds. The average molecular weight is 527 g/mol. The normalized spacial score (nSPS) is 15.5. The molecule has 1 fully saturated rings. The quantitative estimate of drug-likeness (QED) is 0.302. The van der Waals surface area contributed by atoms with Crippen LogP contribution in [0.5, 0.6) is 11.5 Å². The zero-order valence-corrected chi connectivity index (χ0v) is 21.5. The molecule has 38 heavy (non-hydrogen) atoms. The number of carbonyl (C=O) groups is 2. The number of para-hydroxylation sites is 1. The van der Waals surface area contributed by atoms with Crippen molar-refractivity contribution in [2.75, 3.05) is 20.3 Å². The third-order valence-corrected chi connectivity index (χ3v) is 7.03. The van der Waals surface area contributed by atoms with Crippen LogP contribution in [0.1, 0.15) is 11.1 Å². The smallest absolute Gasteiger partial charge is 0.266 e. The Morgan fingerprint density at radius 1 is 1.05 bits per heavy atom. The van der Waals surface area contributed by atoms with Crippen molar-refractivity contribution in [1.29, 1.82) is 0 Å². The lowest BCUT2D eigenvalue weighted by Gasteiger charge is -2.15. The largest absolute Gasteiger partial charge is 0.497 e. The molecule has 0 atom stereocenters. The lowest BCUT2D eigenvalue weighted by atomic mass is 10.1. The topological polar surface area (TPSA) is 110 Å². The molecular formula is C29H26N4O4S. The standard InChI is InChI=1S/C29H26N4O4S/c1-36-22-12-8-21(9-13-22)32-29-33(15-14-20-17-31-25-5-3-2-4-24(20)25)28(35)26(38-29)16-19-6-10-23(11-7-19)37-18-27(30)34/h2-13,16-17,31H,14-15,18H2,1H3,(H2,30,34). The zero-order valence-electron chi connectivity index (χ0n) is 20.7. The number of aromatic amines is 1. The van der Waals surface area contributed by atoms with E-state index in [1.165, 1.54) is 11.8 Å². The Morgan fingerprint density at radius 3 is 2.53 bits per heavy atom. The van der Waals surface area contributed by atoms with Gasteiger partial charge in [0.25, 0.3) is 11.8 Å². The first-order valence-electron chi connectivity index (χ1n) is 12.0. The highest BCUT2D eigenvalue weighted by Gasteiger charge is 2.33. The number of hydrogen-bond acceptors (Lipinski definition) is 6. The SMILES string of the molecule is COc1ccc(N=C2SC(=Cc3ccc(OCC(N)=O)cc3)C(=O)N2CCc2c[nH]c3ccccc23)cc1. The molecule has 1 saturated heterocycles. The molecule has 0 saturated carbocycles. The van der Waals surface area contributed by atoms with Crippen LogP contribution in [-0.2, 0) is 16.0 Å². The van der Waals surface area contributed by atoms with Gasteiger partial charge in [-0.15, -0.1) is 0 Å². The second-order valence-corrected chi connectivity index (χ2v) is 9.60. The molecule has 0 unspecified atom stereocenters. The number of hydrogen-bond donors (Lipinski definition) is 2. The molecule has 1 aromatic heterocycles. The molecule has 4 aromatic rings. The highest BCUT2D eigenvalue weighted by Crippen LogP contribution is 2.35. The number of carbonyl (C=O) groups excluding carboxylic acids is 2. The average Bonchev–Trinajstić information content (AvgIpc) is 3.47. The second kappa shape index (κ2) is 11.3. The van der Waals surface area contributed by atoms with E-state index in [1.807, 2.05) is 66.9 Å². The number of ether oxygens (including phenoxy) is 2. The summed E-state index contributed by atoms with van der Waals surface area (Å²) in [5.74, 6) is 0.624. The van der Waals surface area contributed by atoms with Crippen molar-refractivity contribution >= 4 is 51.4 Å². The monoisotopic (exact) mass is 526 g/mol. The van der Waals surface area contributed by atoms with Gasteiger partial charge in [0.15, 0.2) is 11.8 Å². The van der Waals surface area contributed by atoms with Crippen LogP contribution in [-0.4, -0.2) is 47.1 Å². The summed E-state index contributed by atoms with van der Waals surface area (Å²) in [6, 6.07) is 22.7. The highest BCUT2D eigenvalue weighted by molar-refractivity contribution is 8.18. The number of thioether (sulfide) groups is 1. The first kappa shape index (κ1) is 25.2. The van der Waals surface area contributed by atoms with E-state index in [4.69, 9.17) is 20.2 Å². The molecule has 8 nitrogen and oxygen atoms in total. The van der Waals surface area contributed by atoms with E-state index in [0.29, 0.717) is 28.8 Å². The predicted molar refractivity (Wildman–Crippen MR) is 151 cm³/mol. The molecule has 0 bridgehead atoms. The summed E-state index contributed by atoms with van der Waals surface area (Å²) in [6.07, 6.45) is 4.51. The number of rotatable bonds is 9. The van der Waals surface area contributed by atoms with Crippen molar-refractivity contribution in [1.82, 2.24) is 9.88 Å². The van der Waals surface area contributed by atoms with Gasteiger partial charge in [0.05, 0.1) is 17.7 Å². The minimum absolute atomic E-state index is 0.101. The molecule has 2 heterocycles. The van der Waals surface area contributed by atoms with Crippen molar-refractivity contribution in [2.24, 2.45) is 10.7 Å². The fourth-order valence-corrected chi connectivity index (χ4v) is 5.12. The van der Waals surface area contributed by atoms with Gasteiger partial charge in [-0.3, -0.25) is 14.5 Å². The van der Waals surface area contributed by atoms with E-state index in [-0.39, 0.29) is 12.5 Å². The summed E-state index contributed by atoms with van der Waals surface area (Å²) in [6.45, 7) is 0.297. The van der Waals surface area contributed by atoms with Gasteiger partial charge in [0.1, 0.15) is 11.5 Å². The van der Waals surface area contributed by atoms with Gasteiger partial charge in [-0.1, -0.05) is 30.3 Å². The van der Waals surface area contributed by atoms with Crippen LogP contribution >= 0.6 is 11.8 Å². The Kier molecular flexibility index (Phi) is 7.46. The molecular weight excluding hydrogens is 500 g/mol. The van der Waals surface area contributed by atoms with Crippen LogP contribution in [0.15, 0.2) is 88.9 Å². The number of amides is 2. The van der Waals surface area contributed by atoms with Crippen molar-refractivity contribution in [2.45, 2.75) is 6.42 Å². The van der Waals surface area contributed by atoms with Gasteiger partial charge in [-0.05, 0) is 77.9 Å². The van der Waals surface area contributed by atoms with Crippen molar-refractivity contribution < 1.29 is 19.1 Å². The van der Waals surface area contributed by atoms with Crippen LogP contribution in [0.3, 0.4) is 0 Å². The van der Waals surface area contributed by atoms with E-state index in [2.05, 4.69) is 11.1 Å². The number of nitrogens with two attached hydrogens (primary N) is 1. The van der Waals surface area contributed by atoms with Gasteiger partial charge in [0, 0.05) is 23.6 Å². The number of H-pyrrole nitrogens is 1. The number of primary amides is 1. The summed E-state index contributed by atoms with van der Waals surface area (Å²) in [4.78, 5) is 34.9. The summed E-state index contributed by atoms with van der Waals surface area (Å²) in [7, 11) is 1.62. The van der Waals surface area contributed by atoms with Crippen LogP contribution in [0.25, 0.3) is 17.0 Å². The van der Waals surface area contributed by atoms with Gasteiger partial charge in [-0.25, -0.2) is 4.99 Å². The number of methoxy groups -OCH3 is 1. The number of amidine groups is 1. The number of nitrogens with zero attached hydrogens (tertiary/aromatic N) is 2. The summed E-state index contributed by atoms with van der Waals surface area (Å²) in [5, 5.41) is 1.77. The lowest BCUT2D eigenvalue weighted by Crippen LogP contribution is -2.31. The second-order valence-electron chi connectivity index (χ2n) is 8.59. The number of benzene rings is 3. The molecule has 1 aliphatic rings. The van der Waals surface area contributed by atoms with Crippen LogP contribution in [0.4, 0.5) is 5.69 Å². The number of aliphatic imine (C=N–C) groups is 1. The Labute approximate surface area is 224 Å². The summed E-state index contributed by atoms with van der Waals surface area (Å²) < 4.78 is 10.6. The molecule has 0 spiro atoms.